The summed E-state index contributed by atoms with van der Waals surface area (Å²) in [7, 11) is 0. The lowest BCUT2D eigenvalue weighted by Crippen LogP contribution is -2.60. The predicted molar refractivity (Wildman–Crippen MR) is 256 cm³/mol. The van der Waals surface area contributed by atoms with Crippen LogP contribution in [0.15, 0.2) is 12.2 Å². The van der Waals surface area contributed by atoms with Gasteiger partial charge in [0, 0.05) is 0 Å². The van der Waals surface area contributed by atoms with Gasteiger partial charge in [-0.2, -0.15) is 0 Å². The van der Waals surface area contributed by atoms with Crippen LogP contribution in [0.1, 0.15) is 245 Å². The Morgan fingerprint density at radius 1 is 0.540 bits per heavy atom. The fourth-order valence-corrected chi connectivity index (χ4v) is 8.66. The number of amides is 1. The molecule has 0 aliphatic carbocycles. The lowest BCUT2D eigenvalue weighted by Gasteiger charge is -2.40. The Bertz CT molecular complexity index is 1030. The van der Waals surface area contributed by atoms with Gasteiger partial charge in [-0.05, 0) is 32.1 Å². The Labute approximate surface area is 385 Å². The van der Waals surface area contributed by atoms with Gasteiger partial charge in [-0.25, -0.2) is 0 Å². The van der Waals surface area contributed by atoms with E-state index in [1.54, 1.807) is 0 Å². The second-order valence-corrected chi connectivity index (χ2v) is 19.0. The molecule has 63 heavy (non-hydrogen) atoms. The van der Waals surface area contributed by atoms with Crippen LogP contribution in [0, 0.1) is 0 Å². The van der Waals surface area contributed by atoms with E-state index in [0.29, 0.717) is 12.8 Å². The molecule has 11 nitrogen and oxygen atoms in total. The van der Waals surface area contributed by atoms with E-state index in [1.165, 1.54) is 161 Å². The molecule has 1 amide bonds. The first kappa shape index (κ1) is 59.9. The number of allylic oxidation sites excluding steroid dienone is 2. The average Bonchev–Trinajstić information content (AvgIpc) is 3.28. The van der Waals surface area contributed by atoms with Gasteiger partial charge in [0.15, 0.2) is 6.29 Å². The molecule has 9 unspecified atom stereocenters. The van der Waals surface area contributed by atoms with Crippen molar-refractivity contribution in [3.05, 3.63) is 12.2 Å². The summed E-state index contributed by atoms with van der Waals surface area (Å²) >= 11 is 0. The van der Waals surface area contributed by atoms with Crippen LogP contribution in [0.5, 0.6) is 0 Å². The summed E-state index contributed by atoms with van der Waals surface area (Å²) in [4.78, 5) is 13.1. The summed E-state index contributed by atoms with van der Waals surface area (Å²) < 4.78 is 11.0. The Hall–Kier alpha value is -1.15. The zero-order valence-electron chi connectivity index (χ0n) is 40.6. The van der Waals surface area contributed by atoms with E-state index in [9.17, 15) is 40.5 Å². The van der Waals surface area contributed by atoms with Gasteiger partial charge < -0.3 is 50.5 Å². The molecule has 1 rings (SSSR count). The van der Waals surface area contributed by atoms with Gasteiger partial charge in [0.1, 0.15) is 36.6 Å². The minimum absolute atomic E-state index is 0.258. The standard InChI is InChI=1S/C52H101NO10/c1-3-5-7-9-11-12-13-14-15-16-17-18-19-20-21-22-23-24-25-26-27-28-29-30-31-32-34-36-38-40-45(56)51(61)53-43(47(57)44(55)39-37-35-33-10-8-6-4-2)42-62-52-50(60)49(59)48(58)46(41-54)63-52/h10,33,43-50,52,54-60H,3-9,11-32,34-42H2,1-2H3,(H,53,61)/b33-10+. The molecule has 1 fully saturated rings. The van der Waals surface area contributed by atoms with Gasteiger partial charge in [-0.3, -0.25) is 4.79 Å². The maximum Gasteiger partial charge on any atom is 0.249 e. The number of aliphatic hydroxyl groups excluding tert-OH is 7. The van der Waals surface area contributed by atoms with Crippen molar-refractivity contribution in [1.29, 1.82) is 0 Å². The fraction of sp³-hybridized carbons (Fsp3) is 0.942. The topological polar surface area (TPSA) is 189 Å². The minimum atomic E-state index is -1.66. The van der Waals surface area contributed by atoms with Gasteiger partial charge >= 0.3 is 0 Å². The SMILES string of the molecule is CCCC/C=C/CCCC(O)C(O)C(COC1OC(CO)C(O)C(O)C1O)NC(=O)C(O)CCCCCCCCCCCCCCCCCCCCCCCCCCCCCCC. The molecule has 0 spiro atoms. The van der Waals surface area contributed by atoms with Crippen LogP contribution in [0.4, 0.5) is 0 Å². The number of aliphatic hydroxyl groups is 7. The molecular formula is C52H101NO10. The van der Waals surface area contributed by atoms with Crippen molar-refractivity contribution >= 4 is 5.91 Å². The summed E-state index contributed by atoms with van der Waals surface area (Å²) in [5, 5.41) is 75.4. The summed E-state index contributed by atoms with van der Waals surface area (Å²) in [6.07, 6.45) is 36.2. The molecule has 0 aromatic heterocycles. The second kappa shape index (κ2) is 42.2. The smallest absolute Gasteiger partial charge is 0.249 e. The Morgan fingerprint density at radius 3 is 1.35 bits per heavy atom. The van der Waals surface area contributed by atoms with Crippen LogP contribution in [0.25, 0.3) is 0 Å². The fourth-order valence-electron chi connectivity index (χ4n) is 8.66. The van der Waals surface area contributed by atoms with E-state index in [4.69, 9.17) is 9.47 Å². The van der Waals surface area contributed by atoms with Gasteiger partial charge in [-0.15, -0.1) is 0 Å². The van der Waals surface area contributed by atoms with E-state index in [1.807, 2.05) is 0 Å². The highest BCUT2D eigenvalue weighted by Gasteiger charge is 2.44. The zero-order chi connectivity index (χ0) is 46.2. The van der Waals surface area contributed by atoms with Gasteiger partial charge in [0.25, 0.3) is 0 Å². The quantitative estimate of drug-likeness (QED) is 0.0216. The molecule has 374 valence electrons. The lowest BCUT2D eigenvalue weighted by atomic mass is 9.98. The molecule has 1 heterocycles. The van der Waals surface area contributed by atoms with Crippen molar-refractivity contribution in [2.24, 2.45) is 0 Å². The van der Waals surface area contributed by atoms with Crippen molar-refractivity contribution in [2.75, 3.05) is 13.2 Å². The summed E-state index contributed by atoms with van der Waals surface area (Å²) in [6, 6.07) is -1.18. The third kappa shape index (κ3) is 31.5. The second-order valence-electron chi connectivity index (χ2n) is 19.0. The monoisotopic (exact) mass is 900 g/mol. The highest BCUT2D eigenvalue weighted by atomic mass is 16.7. The van der Waals surface area contributed by atoms with Crippen LogP contribution >= 0.6 is 0 Å². The molecule has 1 saturated heterocycles. The predicted octanol–water partition coefficient (Wildman–Crippen LogP) is 10.0. The molecule has 0 aromatic rings. The number of rotatable bonds is 45. The lowest BCUT2D eigenvalue weighted by molar-refractivity contribution is -0.303. The Kier molecular flexibility index (Phi) is 40.1. The van der Waals surface area contributed by atoms with Crippen molar-refractivity contribution in [3.63, 3.8) is 0 Å². The first-order valence-corrected chi connectivity index (χ1v) is 26.6. The molecule has 0 radical (unpaired) electrons. The van der Waals surface area contributed by atoms with Crippen LogP contribution in [0.3, 0.4) is 0 Å². The molecule has 11 heteroatoms. The number of hydrogen-bond acceptors (Lipinski definition) is 10. The minimum Gasteiger partial charge on any atom is -0.394 e. The third-order valence-electron chi connectivity index (χ3n) is 13.1. The molecule has 0 aromatic carbocycles. The highest BCUT2D eigenvalue weighted by Crippen LogP contribution is 2.23. The highest BCUT2D eigenvalue weighted by molar-refractivity contribution is 5.80. The van der Waals surface area contributed by atoms with Crippen molar-refractivity contribution in [3.8, 4) is 0 Å². The molecule has 1 aliphatic heterocycles. The van der Waals surface area contributed by atoms with Crippen LogP contribution in [-0.2, 0) is 14.3 Å². The van der Waals surface area contributed by atoms with Crippen LogP contribution in [0.2, 0.25) is 0 Å². The number of carbonyl (C=O) groups excluding carboxylic acids is 1. The molecule has 1 aliphatic rings. The van der Waals surface area contributed by atoms with Gasteiger partial charge in [0.05, 0.1) is 25.4 Å². The first-order chi connectivity index (χ1) is 30.7. The molecule has 0 saturated carbocycles. The first-order valence-electron chi connectivity index (χ1n) is 26.6. The molecular weight excluding hydrogens is 799 g/mol. The number of unbranched alkanes of at least 4 members (excludes halogenated alkanes) is 31. The maximum absolute atomic E-state index is 13.1. The van der Waals surface area contributed by atoms with Gasteiger partial charge in [0.2, 0.25) is 5.91 Å². The normalized spacial score (nSPS) is 21.2. The van der Waals surface area contributed by atoms with E-state index >= 15 is 0 Å². The van der Waals surface area contributed by atoms with Crippen LogP contribution < -0.4 is 5.32 Å². The van der Waals surface area contributed by atoms with E-state index in [2.05, 4.69) is 31.3 Å². The number of hydrogen-bond donors (Lipinski definition) is 8. The van der Waals surface area contributed by atoms with Crippen molar-refractivity contribution < 1.29 is 50.0 Å². The molecule has 9 atom stereocenters. The summed E-state index contributed by atoms with van der Waals surface area (Å²) in [5.74, 6) is -0.706. The van der Waals surface area contributed by atoms with E-state index in [0.717, 1.165) is 44.9 Å². The van der Waals surface area contributed by atoms with Crippen LogP contribution in [-0.4, -0.2) is 110 Å². The molecule has 8 N–H and O–H groups in total. The van der Waals surface area contributed by atoms with E-state index in [-0.39, 0.29) is 12.8 Å². The number of ether oxygens (including phenoxy) is 2. The number of nitrogens with one attached hydrogen (secondary N) is 1. The Balaban J connectivity index is 2.16. The largest absolute Gasteiger partial charge is 0.394 e. The average molecular weight is 900 g/mol. The van der Waals surface area contributed by atoms with E-state index < -0.39 is 74.2 Å². The maximum atomic E-state index is 13.1. The van der Waals surface area contributed by atoms with Gasteiger partial charge in [-0.1, -0.05) is 225 Å². The number of carbonyl (C=O) groups is 1. The summed E-state index contributed by atoms with van der Waals surface area (Å²) in [5.41, 5.74) is 0. The van der Waals surface area contributed by atoms with Crippen molar-refractivity contribution in [1.82, 2.24) is 5.32 Å². The zero-order valence-corrected chi connectivity index (χ0v) is 40.6. The van der Waals surface area contributed by atoms with Crippen molar-refractivity contribution in [2.45, 2.75) is 300 Å². The molecule has 0 bridgehead atoms. The summed E-state index contributed by atoms with van der Waals surface area (Å²) in [6.45, 7) is 3.35. The third-order valence-corrected chi connectivity index (χ3v) is 13.1. The Morgan fingerprint density at radius 2 is 0.937 bits per heavy atom.